The van der Waals surface area contributed by atoms with Gasteiger partial charge >= 0.3 is 0 Å². The highest BCUT2D eigenvalue weighted by Crippen LogP contribution is 2.52. The van der Waals surface area contributed by atoms with Crippen LogP contribution >= 0.6 is 0 Å². The lowest BCUT2D eigenvalue weighted by Gasteiger charge is -2.37. The first-order valence-electron chi connectivity index (χ1n) is 20.1. The van der Waals surface area contributed by atoms with E-state index >= 15 is 0 Å². The van der Waals surface area contributed by atoms with Crippen molar-refractivity contribution < 1.29 is 33.2 Å². The number of nitriles is 1. The number of methoxy groups -OCH3 is 3. The van der Waals surface area contributed by atoms with Gasteiger partial charge in [0.1, 0.15) is 5.75 Å². The van der Waals surface area contributed by atoms with Crippen molar-refractivity contribution in [2.24, 2.45) is 0 Å². The second kappa shape index (κ2) is 17.3. The molecule has 2 atom stereocenters. The number of rotatable bonds is 9. The van der Waals surface area contributed by atoms with Crippen LogP contribution in [0.3, 0.4) is 0 Å². The smallest absolute Gasteiger partial charge is 0.251 e. The van der Waals surface area contributed by atoms with Crippen LogP contribution in [0.5, 0.6) is 46.0 Å². The molecule has 0 spiro atoms. The topological polar surface area (TPSA) is 115 Å². The molecule has 0 saturated carbocycles. The second-order valence-electron chi connectivity index (χ2n) is 15.4. The van der Waals surface area contributed by atoms with Gasteiger partial charge in [-0.1, -0.05) is 18.2 Å². The van der Waals surface area contributed by atoms with Crippen LogP contribution in [-0.2, 0) is 25.7 Å². The summed E-state index contributed by atoms with van der Waals surface area (Å²) in [5.41, 5.74) is 7.92. The summed E-state index contributed by atoms with van der Waals surface area (Å²) in [6, 6.07) is 29.5. The Labute approximate surface area is 346 Å². The first-order chi connectivity index (χ1) is 28.8. The van der Waals surface area contributed by atoms with Gasteiger partial charge in [-0.15, -0.1) is 0 Å². The standard InChI is InChI=1S/C48H50N4O7/c1-51-20-17-34-26-41(54-3)43-28-37(34)38(51)23-30-9-14-36(15-10-30)58-42-25-32(11-16-40(42)57-22-6-19-50-48(53)33-12-7-31(29-49)8-13-33)24-39-45-35(18-21-52(39)2)27-44(55-4)46(56-5)47(45)59-43/h7-16,25-28,38-39H,6,17-24H2,1-5H3,(H,50,53)/t38-,39+/m0/s1. The predicted octanol–water partition coefficient (Wildman–Crippen LogP) is 8.22. The number of likely N-dealkylation sites (N-methyl/N-ethyl adjacent to an activating group) is 2. The normalized spacial score (nSPS) is 17.2. The average molecular weight is 795 g/mol. The summed E-state index contributed by atoms with van der Waals surface area (Å²) in [5.74, 6) is 4.83. The van der Waals surface area contributed by atoms with Crippen LogP contribution in [0.1, 0.15) is 67.8 Å². The molecule has 0 radical (unpaired) electrons. The molecule has 4 heterocycles. The molecule has 11 heteroatoms. The maximum absolute atomic E-state index is 12.7. The Kier molecular flexibility index (Phi) is 11.6. The van der Waals surface area contributed by atoms with Crippen molar-refractivity contribution in [3.05, 3.63) is 129 Å². The minimum atomic E-state index is -0.195. The van der Waals surface area contributed by atoms with Crippen molar-refractivity contribution in [1.29, 1.82) is 5.26 Å². The van der Waals surface area contributed by atoms with Gasteiger partial charge in [0.25, 0.3) is 5.91 Å². The molecule has 0 unspecified atom stereocenters. The van der Waals surface area contributed by atoms with E-state index in [2.05, 4.69) is 77.7 Å². The number of amides is 1. The van der Waals surface area contributed by atoms with E-state index < -0.39 is 0 Å². The molecule has 5 aromatic carbocycles. The summed E-state index contributed by atoms with van der Waals surface area (Å²) in [7, 11) is 9.34. The highest BCUT2D eigenvalue weighted by Gasteiger charge is 2.35. The third kappa shape index (κ3) is 8.24. The quantitative estimate of drug-likeness (QED) is 0.147. The fraction of sp³-hybridized carbons (Fsp3) is 0.333. The molecule has 304 valence electrons. The van der Waals surface area contributed by atoms with E-state index in [1.54, 1.807) is 45.6 Å². The summed E-state index contributed by atoms with van der Waals surface area (Å²) in [5, 5.41) is 12.0. The predicted molar refractivity (Wildman–Crippen MR) is 225 cm³/mol. The van der Waals surface area contributed by atoms with Gasteiger partial charge < -0.3 is 33.7 Å². The molecule has 6 bridgehead atoms. The lowest BCUT2D eigenvalue weighted by atomic mass is 9.87. The van der Waals surface area contributed by atoms with Gasteiger partial charge in [-0.25, -0.2) is 0 Å². The molecule has 0 aliphatic carbocycles. The van der Waals surface area contributed by atoms with Gasteiger partial charge in [0, 0.05) is 42.8 Å². The number of nitrogens with zero attached hydrogens (tertiary/aromatic N) is 3. The Hall–Kier alpha value is -6.22. The maximum atomic E-state index is 12.7. The van der Waals surface area contributed by atoms with E-state index in [4.69, 9.17) is 33.7 Å². The van der Waals surface area contributed by atoms with Crippen LogP contribution in [0.2, 0.25) is 0 Å². The number of ether oxygens (including phenoxy) is 6. The number of benzene rings is 5. The fourth-order valence-corrected chi connectivity index (χ4v) is 8.48. The maximum Gasteiger partial charge on any atom is 0.251 e. The summed E-state index contributed by atoms with van der Waals surface area (Å²) in [6.07, 6.45) is 3.76. The van der Waals surface area contributed by atoms with Crippen molar-refractivity contribution in [2.75, 3.05) is 61.7 Å². The zero-order valence-electron chi connectivity index (χ0n) is 34.3. The van der Waals surface area contributed by atoms with E-state index in [-0.39, 0.29) is 18.0 Å². The Morgan fingerprint density at radius 1 is 0.763 bits per heavy atom. The molecule has 0 fully saturated rings. The summed E-state index contributed by atoms with van der Waals surface area (Å²) >= 11 is 0. The molecule has 4 aliphatic heterocycles. The molecule has 1 amide bonds. The number of hydrogen-bond acceptors (Lipinski definition) is 10. The van der Waals surface area contributed by atoms with Crippen molar-refractivity contribution in [1.82, 2.24) is 15.1 Å². The zero-order chi connectivity index (χ0) is 41.0. The lowest BCUT2D eigenvalue weighted by Crippen LogP contribution is -2.34. The number of hydrogen-bond donors (Lipinski definition) is 1. The van der Waals surface area contributed by atoms with Crippen molar-refractivity contribution in [3.8, 4) is 52.1 Å². The van der Waals surface area contributed by atoms with Gasteiger partial charge in [0.2, 0.25) is 5.75 Å². The monoisotopic (exact) mass is 794 g/mol. The lowest BCUT2D eigenvalue weighted by molar-refractivity contribution is 0.0951. The van der Waals surface area contributed by atoms with E-state index in [0.29, 0.717) is 83.1 Å². The number of nitrogens with one attached hydrogen (secondary N) is 1. The molecule has 0 aromatic heterocycles. The highest BCUT2D eigenvalue weighted by atomic mass is 16.5. The van der Waals surface area contributed by atoms with E-state index in [9.17, 15) is 4.79 Å². The van der Waals surface area contributed by atoms with Gasteiger partial charge in [-0.2, -0.15) is 5.26 Å². The van der Waals surface area contributed by atoms with Crippen molar-refractivity contribution >= 4 is 5.91 Å². The molecule has 11 nitrogen and oxygen atoms in total. The molecular weight excluding hydrogens is 745 g/mol. The summed E-state index contributed by atoms with van der Waals surface area (Å²) in [6.45, 7) is 2.56. The molecular formula is C48H50N4O7. The Bertz CT molecular complexity index is 2370. The van der Waals surface area contributed by atoms with Gasteiger partial charge in [0.15, 0.2) is 34.5 Å². The van der Waals surface area contributed by atoms with E-state index in [1.165, 1.54) is 16.7 Å². The Morgan fingerprint density at radius 2 is 1.44 bits per heavy atom. The van der Waals surface area contributed by atoms with Gasteiger partial charge in [0.05, 0.1) is 39.6 Å². The minimum absolute atomic E-state index is 0.0754. The van der Waals surface area contributed by atoms with Crippen LogP contribution in [0.15, 0.2) is 84.9 Å². The second-order valence-corrected chi connectivity index (χ2v) is 15.4. The third-order valence-electron chi connectivity index (χ3n) is 11.8. The fourth-order valence-electron chi connectivity index (χ4n) is 8.48. The molecule has 9 rings (SSSR count). The van der Waals surface area contributed by atoms with Crippen molar-refractivity contribution in [3.63, 3.8) is 0 Å². The van der Waals surface area contributed by atoms with Crippen LogP contribution < -0.4 is 33.7 Å². The molecule has 1 N–H and O–H groups in total. The highest BCUT2D eigenvalue weighted by molar-refractivity contribution is 5.94. The number of carbonyl (C=O) groups excluding carboxylic acids is 1. The first kappa shape index (κ1) is 39.6. The van der Waals surface area contributed by atoms with E-state index in [1.807, 2.05) is 18.2 Å². The van der Waals surface area contributed by atoms with E-state index in [0.717, 1.165) is 49.0 Å². The van der Waals surface area contributed by atoms with Crippen LogP contribution in [0.25, 0.3) is 0 Å². The third-order valence-corrected chi connectivity index (χ3v) is 11.8. The zero-order valence-corrected chi connectivity index (χ0v) is 34.3. The number of fused-ring (bicyclic) bond motifs is 2. The van der Waals surface area contributed by atoms with Crippen LogP contribution in [0, 0.1) is 11.3 Å². The van der Waals surface area contributed by atoms with Crippen LogP contribution in [0.4, 0.5) is 0 Å². The van der Waals surface area contributed by atoms with Crippen molar-refractivity contribution in [2.45, 2.75) is 44.2 Å². The Balaban J connectivity index is 1.15. The van der Waals surface area contributed by atoms with Crippen LogP contribution in [-0.4, -0.2) is 77.4 Å². The first-order valence-corrected chi connectivity index (χ1v) is 20.1. The molecule has 59 heavy (non-hydrogen) atoms. The average Bonchev–Trinajstić information content (AvgIpc) is 3.26. The minimum Gasteiger partial charge on any atom is -0.493 e. The van der Waals surface area contributed by atoms with Gasteiger partial charge in [-0.05, 0) is 141 Å². The Morgan fingerprint density at radius 3 is 2.17 bits per heavy atom. The van der Waals surface area contributed by atoms with Gasteiger partial charge in [-0.3, -0.25) is 14.6 Å². The largest absolute Gasteiger partial charge is 0.493 e. The number of carbonyl (C=O) groups is 1. The summed E-state index contributed by atoms with van der Waals surface area (Å²) in [4.78, 5) is 17.5. The molecule has 4 aliphatic rings. The molecule has 5 aromatic rings. The summed E-state index contributed by atoms with van der Waals surface area (Å²) < 4.78 is 38.1. The SMILES string of the molecule is COc1cc2c3cc1Oc1c(OC)c(OC)cc4c1[C@@H](Cc1ccc(OCCCNC(=O)c5ccc(C#N)cc5)c(c1)Oc1ccc(cc1)C[C@@H]3N(C)CC2)N(C)CC4. The molecule has 0 saturated heterocycles.